The number of carbonyl (C=O) groups excluding carboxylic acids is 2. The summed E-state index contributed by atoms with van der Waals surface area (Å²) in [5, 5.41) is 2.86. The molecule has 0 aliphatic heterocycles. The standard InChI is InChI=1S/C11H13BrN2O2S/c1-14(6-10(15)13-7-2-3-7)11(16)8-4-5-9(12)17-8/h4-5,7H,2-3,6H2,1H3,(H,13,15). The van der Waals surface area contributed by atoms with Crippen LogP contribution in [0.3, 0.4) is 0 Å². The van der Waals surface area contributed by atoms with E-state index >= 15 is 0 Å². The maximum absolute atomic E-state index is 11.9. The molecule has 0 atom stereocenters. The Bertz CT molecular complexity index is 442. The summed E-state index contributed by atoms with van der Waals surface area (Å²) < 4.78 is 0.914. The molecule has 92 valence electrons. The van der Waals surface area contributed by atoms with Crippen molar-refractivity contribution in [3.05, 3.63) is 20.8 Å². The van der Waals surface area contributed by atoms with Crippen molar-refractivity contribution in [3.8, 4) is 0 Å². The van der Waals surface area contributed by atoms with Gasteiger partial charge in [0, 0.05) is 13.1 Å². The number of amides is 2. The van der Waals surface area contributed by atoms with Gasteiger partial charge >= 0.3 is 0 Å². The Morgan fingerprint density at radius 3 is 2.76 bits per heavy atom. The normalized spacial score (nSPS) is 14.5. The fourth-order valence-corrected chi connectivity index (χ4v) is 2.79. The molecule has 0 aromatic carbocycles. The highest BCUT2D eigenvalue weighted by molar-refractivity contribution is 9.11. The topological polar surface area (TPSA) is 49.4 Å². The third-order valence-corrected chi connectivity index (χ3v) is 4.07. The number of hydrogen-bond acceptors (Lipinski definition) is 3. The molecule has 0 unspecified atom stereocenters. The number of nitrogens with zero attached hydrogens (tertiary/aromatic N) is 1. The van der Waals surface area contributed by atoms with E-state index in [1.54, 1.807) is 13.1 Å². The van der Waals surface area contributed by atoms with Gasteiger partial charge in [0.05, 0.1) is 15.2 Å². The second-order valence-corrected chi connectivity index (χ2v) is 6.57. The second kappa shape index (κ2) is 5.18. The van der Waals surface area contributed by atoms with Crippen LogP contribution in [0.4, 0.5) is 0 Å². The molecule has 0 spiro atoms. The van der Waals surface area contributed by atoms with Crippen molar-refractivity contribution in [3.63, 3.8) is 0 Å². The Morgan fingerprint density at radius 1 is 1.53 bits per heavy atom. The predicted octanol–water partition coefficient (Wildman–Crippen LogP) is 1.86. The summed E-state index contributed by atoms with van der Waals surface area (Å²) in [6, 6.07) is 3.92. The number of carbonyl (C=O) groups is 2. The van der Waals surface area contributed by atoms with Crippen molar-refractivity contribution in [1.82, 2.24) is 10.2 Å². The molecule has 4 nitrogen and oxygen atoms in total. The molecule has 1 fully saturated rings. The summed E-state index contributed by atoms with van der Waals surface area (Å²) >= 11 is 4.68. The molecule has 1 aromatic heterocycles. The maximum atomic E-state index is 11.9. The van der Waals surface area contributed by atoms with Gasteiger partial charge in [-0.15, -0.1) is 11.3 Å². The van der Waals surface area contributed by atoms with E-state index in [1.165, 1.54) is 16.2 Å². The van der Waals surface area contributed by atoms with E-state index in [2.05, 4.69) is 21.2 Å². The molecule has 6 heteroatoms. The van der Waals surface area contributed by atoms with Crippen molar-refractivity contribution < 1.29 is 9.59 Å². The van der Waals surface area contributed by atoms with Crippen LogP contribution < -0.4 is 5.32 Å². The molecule has 0 radical (unpaired) electrons. The van der Waals surface area contributed by atoms with Gasteiger partial charge in [-0.1, -0.05) is 0 Å². The highest BCUT2D eigenvalue weighted by atomic mass is 79.9. The van der Waals surface area contributed by atoms with Crippen LogP contribution in [0.5, 0.6) is 0 Å². The average molecular weight is 317 g/mol. The van der Waals surface area contributed by atoms with Gasteiger partial charge in [-0.3, -0.25) is 9.59 Å². The van der Waals surface area contributed by atoms with E-state index in [0.29, 0.717) is 10.9 Å². The summed E-state index contributed by atoms with van der Waals surface area (Å²) in [7, 11) is 1.64. The third-order valence-electron chi connectivity index (χ3n) is 2.45. The van der Waals surface area contributed by atoms with Crippen LogP contribution in [0.1, 0.15) is 22.5 Å². The number of thiophene rings is 1. The van der Waals surface area contributed by atoms with Crippen molar-refractivity contribution >= 4 is 39.1 Å². The molecule has 1 aromatic rings. The molecule has 1 aliphatic rings. The fraction of sp³-hybridized carbons (Fsp3) is 0.455. The lowest BCUT2D eigenvalue weighted by atomic mass is 10.4. The first-order chi connectivity index (χ1) is 8.06. The van der Waals surface area contributed by atoms with E-state index < -0.39 is 0 Å². The first-order valence-corrected chi connectivity index (χ1v) is 6.97. The number of rotatable bonds is 4. The van der Waals surface area contributed by atoms with E-state index in [-0.39, 0.29) is 18.4 Å². The summed E-state index contributed by atoms with van der Waals surface area (Å²) in [5.41, 5.74) is 0. The van der Waals surface area contributed by atoms with Crippen LogP contribution in [0.15, 0.2) is 15.9 Å². The molecular weight excluding hydrogens is 304 g/mol. The van der Waals surface area contributed by atoms with Crippen LogP contribution in [0.25, 0.3) is 0 Å². The van der Waals surface area contributed by atoms with Crippen molar-refractivity contribution in [1.29, 1.82) is 0 Å². The molecule has 1 aliphatic carbocycles. The van der Waals surface area contributed by atoms with Gasteiger partial charge in [0.15, 0.2) is 0 Å². The number of likely N-dealkylation sites (N-methyl/N-ethyl adjacent to an activating group) is 1. The van der Waals surface area contributed by atoms with Gasteiger partial charge in [0.25, 0.3) is 5.91 Å². The average Bonchev–Trinajstić information content (AvgIpc) is 2.96. The fourth-order valence-electron chi connectivity index (χ4n) is 1.41. The zero-order chi connectivity index (χ0) is 12.4. The third kappa shape index (κ3) is 3.54. The lowest BCUT2D eigenvalue weighted by Gasteiger charge is -2.15. The minimum atomic E-state index is -0.119. The Labute approximate surface area is 112 Å². The van der Waals surface area contributed by atoms with Crippen molar-refractivity contribution in [2.75, 3.05) is 13.6 Å². The molecule has 2 amide bonds. The Morgan fingerprint density at radius 2 is 2.24 bits per heavy atom. The molecular formula is C11H13BrN2O2S. The SMILES string of the molecule is CN(CC(=O)NC1CC1)C(=O)c1ccc(Br)s1. The highest BCUT2D eigenvalue weighted by Gasteiger charge is 2.24. The largest absolute Gasteiger partial charge is 0.352 e. The molecule has 17 heavy (non-hydrogen) atoms. The Hall–Kier alpha value is -0.880. The van der Waals surface area contributed by atoms with Gasteiger partial charge in [0.1, 0.15) is 0 Å². The summed E-state index contributed by atoms with van der Waals surface area (Å²) in [6.45, 7) is 0.116. The summed E-state index contributed by atoms with van der Waals surface area (Å²) in [6.07, 6.45) is 2.11. The summed E-state index contributed by atoms with van der Waals surface area (Å²) in [4.78, 5) is 25.5. The number of nitrogens with one attached hydrogen (secondary N) is 1. The van der Waals surface area contributed by atoms with Crippen LogP contribution in [-0.2, 0) is 4.79 Å². The van der Waals surface area contributed by atoms with Gasteiger partial charge in [-0.05, 0) is 40.9 Å². The van der Waals surface area contributed by atoms with Crippen LogP contribution in [-0.4, -0.2) is 36.3 Å². The van der Waals surface area contributed by atoms with Gasteiger partial charge in [-0.2, -0.15) is 0 Å². The number of hydrogen-bond donors (Lipinski definition) is 1. The van der Waals surface area contributed by atoms with Crippen LogP contribution >= 0.6 is 27.3 Å². The monoisotopic (exact) mass is 316 g/mol. The van der Waals surface area contributed by atoms with E-state index in [1.807, 2.05) is 6.07 Å². The molecule has 0 bridgehead atoms. The number of halogens is 1. The van der Waals surface area contributed by atoms with E-state index in [0.717, 1.165) is 16.6 Å². The van der Waals surface area contributed by atoms with Gasteiger partial charge < -0.3 is 10.2 Å². The Kier molecular flexibility index (Phi) is 3.83. The van der Waals surface area contributed by atoms with E-state index in [4.69, 9.17) is 0 Å². The minimum absolute atomic E-state index is 0.0843. The zero-order valence-electron chi connectivity index (χ0n) is 9.40. The summed E-state index contributed by atoms with van der Waals surface area (Å²) in [5.74, 6) is -0.203. The molecule has 2 rings (SSSR count). The van der Waals surface area contributed by atoms with Crippen LogP contribution in [0, 0.1) is 0 Å². The van der Waals surface area contributed by atoms with Gasteiger partial charge in [0.2, 0.25) is 5.91 Å². The molecule has 1 N–H and O–H groups in total. The van der Waals surface area contributed by atoms with E-state index in [9.17, 15) is 9.59 Å². The lowest BCUT2D eigenvalue weighted by molar-refractivity contribution is -0.121. The van der Waals surface area contributed by atoms with Crippen molar-refractivity contribution in [2.24, 2.45) is 0 Å². The highest BCUT2D eigenvalue weighted by Crippen LogP contribution is 2.23. The first-order valence-electron chi connectivity index (χ1n) is 5.36. The van der Waals surface area contributed by atoms with Crippen molar-refractivity contribution in [2.45, 2.75) is 18.9 Å². The maximum Gasteiger partial charge on any atom is 0.264 e. The Balaban J connectivity index is 1.88. The first kappa shape index (κ1) is 12.6. The smallest absolute Gasteiger partial charge is 0.264 e. The minimum Gasteiger partial charge on any atom is -0.352 e. The van der Waals surface area contributed by atoms with Crippen LogP contribution in [0.2, 0.25) is 0 Å². The molecule has 0 saturated heterocycles. The molecule has 1 heterocycles. The second-order valence-electron chi connectivity index (χ2n) is 4.11. The molecule has 1 saturated carbocycles. The quantitative estimate of drug-likeness (QED) is 0.921. The zero-order valence-corrected chi connectivity index (χ0v) is 11.8. The van der Waals surface area contributed by atoms with Gasteiger partial charge in [-0.25, -0.2) is 0 Å². The predicted molar refractivity (Wildman–Crippen MR) is 70.1 cm³/mol. The lowest BCUT2D eigenvalue weighted by Crippen LogP contribution is -2.38.